The van der Waals surface area contributed by atoms with Gasteiger partial charge in [-0.1, -0.05) is 0 Å². The van der Waals surface area contributed by atoms with Crippen LogP contribution in [0.4, 0.5) is 5.69 Å². The molecule has 1 heterocycles. The predicted molar refractivity (Wildman–Crippen MR) is 79.8 cm³/mol. The number of likely N-dealkylation sites (tertiary alicyclic amines) is 1. The Morgan fingerprint density at radius 1 is 1.29 bits per heavy atom. The number of nitrogens with zero attached hydrogens (tertiary/aromatic N) is 2. The van der Waals surface area contributed by atoms with Crippen molar-refractivity contribution in [3.05, 3.63) is 23.8 Å². The van der Waals surface area contributed by atoms with E-state index in [0.717, 1.165) is 0 Å². The standard InChI is InChI=1S/C15H21N3O3/c1-17(2)14(20)10-5-7-18(8-6-10)15(21)12-9-11(19)3-4-13(12)16/h3-4,9-10,19H,5-8,16H2,1-2H3. The summed E-state index contributed by atoms with van der Waals surface area (Å²) in [6, 6.07) is 4.35. The molecule has 2 rings (SSSR count). The number of piperidine rings is 1. The number of anilines is 1. The second kappa shape index (κ2) is 6.03. The largest absolute Gasteiger partial charge is 0.508 e. The summed E-state index contributed by atoms with van der Waals surface area (Å²) in [6.45, 7) is 1.05. The monoisotopic (exact) mass is 291 g/mol. The van der Waals surface area contributed by atoms with Crippen molar-refractivity contribution in [2.45, 2.75) is 12.8 Å². The van der Waals surface area contributed by atoms with Crippen molar-refractivity contribution in [1.29, 1.82) is 0 Å². The highest BCUT2D eigenvalue weighted by Crippen LogP contribution is 2.24. The van der Waals surface area contributed by atoms with Crippen LogP contribution in [-0.2, 0) is 4.79 Å². The number of phenols is 1. The molecular formula is C15H21N3O3. The quantitative estimate of drug-likeness (QED) is 0.626. The van der Waals surface area contributed by atoms with Crippen LogP contribution >= 0.6 is 0 Å². The summed E-state index contributed by atoms with van der Waals surface area (Å²) in [5, 5.41) is 9.48. The first-order valence-electron chi connectivity index (χ1n) is 6.99. The Kier molecular flexibility index (Phi) is 4.35. The van der Waals surface area contributed by atoms with Crippen LogP contribution in [0.5, 0.6) is 5.75 Å². The number of benzene rings is 1. The highest BCUT2D eigenvalue weighted by atomic mass is 16.3. The maximum atomic E-state index is 12.4. The van der Waals surface area contributed by atoms with Gasteiger partial charge in [-0.3, -0.25) is 9.59 Å². The van der Waals surface area contributed by atoms with Gasteiger partial charge in [-0.2, -0.15) is 0 Å². The lowest BCUT2D eigenvalue weighted by atomic mass is 9.95. The van der Waals surface area contributed by atoms with Gasteiger partial charge in [-0.05, 0) is 31.0 Å². The third kappa shape index (κ3) is 3.26. The minimum Gasteiger partial charge on any atom is -0.508 e. The number of carbonyl (C=O) groups excluding carboxylic acids is 2. The van der Waals surface area contributed by atoms with Gasteiger partial charge in [0.2, 0.25) is 5.91 Å². The number of rotatable bonds is 2. The Bertz CT molecular complexity index is 549. The third-order valence-electron chi connectivity index (χ3n) is 3.84. The lowest BCUT2D eigenvalue weighted by molar-refractivity contribution is -0.134. The number of amides is 2. The second-order valence-electron chi connectivity index (χ2n) is 5.57. The van der Waals surface area contributed by atoms with Crippen LogP contribution in [0.25, 0.3) is 0 Å². The van der Waals surface area contributed by atoms with Crippen LogP contribution < -0.4 is 5.73 Å². The molecule has 1 aliphatic rings. The molecule has 0 unspecified atom stereocenters. The van der Waals surface area contributed by atoms with Gasteiger partial charge >= 0.3 is 0 Å². The molecule has 114 valence electrons. The summed E-state index contributed by atoms with van der Waals surface area (Å²) in [5.41, 5.74) is 6.46. The minimum atomic E-state index is -0.195. The smallest absolute Gasteiger partial charge is 0.256 e. The van der Waals surface area contributed by atoms with E-state index in [9.17, 15) is 14.7 Å². The highest BCUT2D eigenvalue weighted by molar-refractivity contribution is 5.99. The summed E-state index contributed by atoms with van der Waals surface area (Å²) in [7, 11) is 3.49. The molecule has 0 atom stereocenters. The van der Waals surface area contributed by atoms with Gasteiger partial charge in [-0.25, -0.2) is 0 Å². The van der Waals surface area contributed by atoms with E-state index in [-0.39, 0.29) is 23.5 Å². The molecule has 6 nitrogen and oxygen atoms in total. The zero-order chi connectivity index (χ0) is 15.6. The lowest BCUT2D eigenvalue weighted by Crippen LogP contribution is -2.42. The van der Waals surface area contributed by atoms with Crippen molar-refractivity contribution < 1.29 is 14.7 Å². The number of hydrogen-bond acceptors (Lipinski definition) is 4. The molecule has 1 aromatic carbocycles. The first-order chi connectivity index (χ1) is 9.90. The van der Waals surface area contributed by atoms with E-state index in [4.69, 9.17) is 5.73 Å². The van der Waals surface area contributed by atoms with Crippen LogP contribution in [0, 0.1) is 5.92 Å². The summed E-state index contributed by atoms with van der Waals surface area (Å²) >= 11 is 0. The molecule has 1 aromatic rings. The Labute approximate surface area is 124 Å². The van der Waals surface area contributed by atoms with Gasteiger partial charge in [-0.15, -0.1) is 0 Å². The summed E-state index contributed by atoms with van der Waals surface area (Å²) < 4.78 is 0. The van der Waals surface area contributed by atoms with Gasteiger partial charge in [0.1, 0.15) is 5.75 Å². The van der Waals surface area contributed by atoms with Crippen molar-refractivity contribution in [3.63, 3.8) is 0 Å². The zero-order valence-electron chi connectivity index (χ0n) is 12.4. The summed E-state index contributed by atoms with van der Waals surface area (Å²) in [4.78, 5) is 27.6. The molecule has 3 N–H and O–H groups in total. The topological polar surface area (TPSA) is 86.9 Å². The third-order valence-corrected chi connectivity index (χ3v) is 3.84. The molecule has 0 spiro atoms. The Morgan fingerprint density at radius 2 is 1.90 bits per heavy atom. The van der Waals surface area contributed by atoms with E-state index in [0.29, 0.717) is 37.2 Å². The van der Waals surface area contributed by atoms with E-state index in [1.807, 2.05) is 0 Å². The van der Waals surface area contributed by atoms with Crippen LogP contribution in [0.3, 0.4) is 0 Å². The van der Waals surface area contributed by atoms with E-state index in [1.54, 1.807) is 23.9 Å². The molecule has 0 saturated carbocycles. The van der Waals surface area contributed by atoms with Crippen molar-refractivity contribution in [2.24, 2.45) is 5.92 Å². The van der Waals surface area contributed by atoms with Crippen molar-refractivity contribution in [1.82, 2.24) is 9.80 Å². The average Bonchev–Trinajstić information content (AvgIpc) is 2.48. The summed E-state index contributed by atoms with van der Waals surface area (Å²) in [6.07, 6.45) is 1.31. The fraction of sp³-hybridized carbons (Fsp3) is 0.467. The van der Waals surface area contributed by atoms with Crippen molar-refractivity contribution in [3.8, 4) is 5.75 Å². The second-order valence-corrected chi connectivity index (χ2v) is 5.57. The van der Waals surface area contributed by atoms with E-state index < -0.39 is 0 Å². The molecule has 1 saturated heterocycles. The number of aromatic hydroxyl groups is 1. The van der Waals surface area contributed by atoms with Gasteiger partial charge in [0, 0.05) is 38.8 Å². The lowest BCUT2D eigenvalue weighted by Gasteiger charge is -2.32. The molecule has 0 bridgehead atoms. The fourth-order valence-electron chi connectivity index (χ4n) is 2.59. The number of nitrogen functional groups attached to an aromatic ring is 1. The van der Waals surface area contributed by atoms with E-state index in [2.05, 4.69) is 0 Å². The molecular weight excluding hydrogens is 270 g/mol. The van der Waals surface area contributed by atoms with Crippen molar-refractivity contribution in [2.75, 3.05) is 32.9 Å². The van der Waals surface area contributed by atoms with E-state index >= 15 is 0 Å². The zero-order valence-corrected chi connectivity index (χ0v) is 12.4. The van der Waals surface area contributed by atoms with Crippen LogP contribution in [0.1, 0.15) is 23.2 Å². The molecule has 2 amide bonds. The number of nitrogens with two attached hydrogens (primary N) is 1. The Hall–Kier alpha value is -2.24. The molecule has 1 fully saturated rings. The normalized spacial score (nSPS) is 15.8. The molecule has 21 heavy (non-hydrogen) atoms. The maximum absolute atomic E-state index is 12.4. The van der Waals surface area contributed by atoms with Gasteiger partial charge < -0.3 is 20.6 Å². The SMILES string of the molecule is CN(C)C(=O)C1CCN(C(=O)c2cc(O)ccc2N)CC1. The minimum absolute atomic E-state index is 0.0187. The van der Waals surface area contributed by atoms with E-state index in [1.165, 1.54) is 18.2 Å². The van der Waals surface area contributed by atoms with Crippen LogP contribution in [0.15, 0.2) is 18.2 Å². The van der Waals surface area contributed by atoms with Crippen molar-refractivity contribution >= 4 is 17.5 Å². The number of carbonyl (C=O) groups is 2. The molecule has 6 heteroatoms. The van der Waals surface area contributed by atoms with Gasteiger partial charge in [0.25, 0.3) is 5.91 Å². The molecule has 0 aliphatic carbocycles. The molecule has 0 radical (unpaired) electrons. The number of hydrogen-bond donors (Lipinski definition) is 2. The first-order valence-corrected chi connectivity index (χ1v) is 6.99. The summed E-state index contributed by atoms with van der Waals surface area (Å²) in [5.74, 6) is -0.0890. The molecule has 1 aliphatic heterocycles. The first kappa shape index (κ1) is 15.2. The number of phenolic OH excluding ortho intramolecular Hbond substituents is 1. The average molecular weight is 291 g/mol. The maximum Gasteiger partial charge on any atom is 0.256 e. The van der Waals surface area contributed by atoms with Crippen LogP contribution in [0.2, 0.25) is 0 Å². The van der Waals surface area contributed by atoms with Crippen LogP contribution in [-0.4, -0.2) is 53.9 Å². The fourth-order valence-corrected chi connectivity index (χ4v) is 2.59. The molecule has 0 aromatic heterocycles. The van der Waals surface area contributed by atoms with Gasteiger partial charge in [0.05, 0.1) is 5.56 Å². The highest BCUT2D eigenvalue weighted by Gasteiger charge is 2.29. The Balaban J connectivity index is 2.03. The Morgan fingerprint density at radius 3 is 2.48 bits per heavy atom. The predicted octanol–water partition coefficient (Wildman–Crippen LogP) is 0.915. The van der Waals surface area contributed by atoms with Gasteiger partial charge in [0.15, 0.2) is 0 Å².